The highest BCUT2D eigenvalue weighted by molar-refractivity contribution is 7.22. The predicted octanol–water partition coefficient (Wildman–Crippen LogP) is 4.38. The van der Waals surface area contributed by atoms with Crippen molar-refractivity contribution in [1.29, 1.82) is 0 Å². The van der Waals surface area contributed by atoms with E-state index in [2.05, 4.69) is 9.98 Å². The van der Waals surface area contributed by atoms with Gasteiger partial charge in [0.1, 0.15) is 5.76 Å². The first-order valence-electron chi connectivity index (χ1n) is 8.36. The van der Waals surface area contributed by atoms with Crippen molar-refractivity contribution in [2.45, 2.75) is 33.6 Å². The molecule has 1 aromatic carbocycles. The zero-order valence-electron chi connectivity index (χ0n) is 14.9. The van der Waals surface area contributed by atoms with Gasteiger partial charge in [-0.2, -0.15) is 0 Å². The van der Waals surface area contributed by atoms with E-state index >= 15 is 0 Å². The highest BCUT2D eigenvalue weighted by Crippen LogP contribution is 2.35. The van der Waals surface area contributed by atoms with Crippen molar-refractivity contribution in [3.8, 4) is 0 Å². The highest BCUT2D eigenvalue weighted by Gasteiger charge is 2.32. The average Bonchev–Trinajstić information content (AvgIpc) is 2.95. The number of hydrogen-bond acceptors (Lipinski definition) is 7. The Bertz CT molecular complexity index is 940. The minimum atomic E-state index is -0.377. The molecule has 0 spiro atoms. The Hall–Kier alpha value is -2.54. The zero-order valence-corrected chi connectivity index (χ0v) is 15.7. The molecule has 1 aliphatic rings. The SMILES string of the molecule is CCOC(=O)c1ccc2nc(N=CC3=C(O)CC(C)(C)CC3=O)sc2c1. The summed E-state index contributed by atoms with van der Waals surface area (Å²) in [5, 5.41) is 10.6. The second-order valence-corrected chi connectivity index (χ2v) is 7.97. The number of ether oxygens (including phenoxy) is 1. The van der Waals surface area contributed by atoms with Crippen LogP contribution < -0.4 is 0 Å². The third-order valence-corrected chi connectivity index (χ3v) is 5.01. The maximum atomic E-state index is 12.2. The van der Waals surface area contributed by atoms with Crippen LogP contribution in [0, 0.1) is 5.41 Å². The summed E-state index contributed by atoms with van der Waals surface area (Å²) >= 11 is 1.31. The van der Waals surface area contributed by atoms with E-state index in [1.54, 1.807) is 25.1 Å². The van der Waals surface area contributed by atoms with E-state index in [0.29, 0.717) is 35.7 Å². The molecule has 0 saturated carbocycles. The van der Waals surface area contributed by atoms with Crippen molar-refractivity contribution < 1.29 is 19.4 Å². The van der Waals surface area contributed by atoms with E-state index in [-0.39, 0.29) is 28.5 Å². The van der Waals surface area contributed by atoms with Gasteiger partial charge in [-0.25, -0.2) is 14.8 Å². The molecule has 0 unspecified atom stereocenters. The number of aliphatic hydroxyl groups excluding tert-OH is 1. The maximum Gasteiger partial charge on any atom is 0.338 e. The number of aliphatic imine (C=N–C) groups is 1. The number of ketones is 1. The molecule has 0 atom stereocenters. The molecule has 3 rings (SSSR count). The van der Waals surface area contributed by atoms with Gasteiger partial charge in [0.2, 0.25) is 5.13 Å². The summed E-state index contributed by atoms with van der Waals surface area (Å²) in [4.78, 5) is 32.7. The number of benzene rings is 1. The molecular weight excluding hydrogens is 352 g/mol. The zero-order chi connectivity index (χ0) is 18.9. The van der Waals surface area contributed by atoms with Gasteiger partial charge in [0.25, 0.3) is 0 Å². The van der Waals surface area contributed by atoms with Gasteiger partial charge in [0.05, 0.1) is 28.0 Å². The molecule has 1 N–H and O–H groups in total. The number of rotatable bonds is 4. The Morgan fingerprint density at radius 3 is 2.88 bits per heavy atom. The van der Waals surface area contributed by atoms with Crippen LogP contribution in [-0.4, -0.2) is 34.7 Å². The van der Waals surface area contributed by atoms with Gasteiger partial charge in [-0.3, -0.25) is 4.79 Å². The highest BCUT2D eigenvalue weighted by atomic mass is 32.1. The van der Waals surface area contributed by atoms with E-state index in [4.69, 9.17) is 4.74 Å². The largest absolute Gasteiger partial charge is 0.511 e. The molecule has 26 heavy (non-hydrogen) atoms. The summed E-state index contributed by atoms with van der Waals surface area (Å²) in [7, 11) is 0. The fraction of sp³-hybridized carbons (Fsp3) is 0.368. The van der Waals surface area contributed by atoms with Gasteiger partial charge in [-0.05, 0) is 30.5 Å². The molecule has 0 aliphatic heterocycles. The van der Waals surface area contributed by atoms with Crippen LogP contribution in [0.3, 0.4) is 0 Å². The third-order valence-electron chi connectivity index (χ3n) is 4.09. The smallest absolute Gasteiger partial charge is 0.338 e. The molecular formula is C19H20N2O4S. The molecule has 2 aromatic rings. The molecule has 0 radical (unpaired) electrons. The van der Waals surface area contributed by atoms with Crippen LogP contribution in [0.4, 0.5) is 5.13 Å². The second kappa shape index (κ2) is 6.99. The third kappa shape index (κ3) is 3.83. The standard InChI is InChI=1S/C19H20N2O4S/c1-4-25-17(24)11-5-6-13-16(7-11)26-18(21-13)20-10-12-14(22)8-19(2,3)9-15(12)23/h5-7,10,22H,4,8-9H2,1-3H3. The predicted molar refractivity (Wildman–Crippen MR) is 101 cm³/mol. The van der Waals surface area contributed by atoms with Gasteiger partial charge in [-0.1, -0.05) is 25.2 Å². The van der Waals surface area contributed by atoms with Crippen LogP contribution in [0.2, 0.25) is 0 Å². The van der Waals surface area contributed by atoms with Crippen LogP contribution in [0.25, 0.3) is 10.2 Å². The summed E-state index contributed by atoms with van der Waals surface area (Å²) in [5.74, 6) is -0.424. The van der Waals surface area contributed by atoms with Crippen molar-refractivity contribution in [3.05, 3.63) is 35.1 Å². The van der Waals surface area contributed by atoms with Gasteiger partial charge in [0, 0.05) is 19.1 Å². The molecule has 0 fully saturated rings. The monoisotopic (exact) mass is 372 g/mol. The number of allylic oxidation sites excluding steroid dienone is 2. The first-order chi connectivity index (χ1) is 12.3. The summed E-state index contributed by atoms with van der Waals surface area (Å²) < 4.78 is 5.80. The van der Waals surface area contributed by atoms with Crippen molar-refractivity contribution >= 4 is 44.7 Å². The van der Waals surface area contributed by atoms with E-state index in [0.717, 1.165) is 4.70 Å². The summed E-state index contributed by atoms with van der Waals surface area (Å²) in [5.41, 5.74) is 1.18. The van der Waals surface area contributed by atoms with E-state index in [1.165, 1.54) is 17.6 Å². The number of Topliss-reactive ketones (excluding diaryl/α,β-unsaturated/α-hetero) is 1. The van der Waals surface area contributed by atoms with Gasteiger partial charge < -0.3 is 9.84 Å². The fourth-order valence-corrected chi connectivity index (χ4v) is 3.73. The van der Waals surface area contributed by atoms with Crippen LogP contribution in [0.15, 0.2) is 34.5 Å². The number of hydrogen-bond donors (Lipinski definition) is 1. The Kier molecular flexibility index (Phi) is 4.91. The fourth-order valence-electron chi connectivity index (χ4n) is 2.88. The number of carbonyl (C=O) groups excluding carboxylic acids is 2. The Morgan fingerprint density at radius 2 is 2.19 bits per heavy atom. The summed E-state index contributed by atoms with van der Waals surface area (Å²) in [6.45, 7) is 5.97. The van der Waals surface area contributed by atoms with E-state index < -0.39 is 0 Å². The molecule has 1 heterocycles. The van der Waals surface area contributed by atoms with Gasteiger partial charge in [0.15, 0.2) is 5.78 Å². The van der Waals surface area contributed by atoms with Gasteiger partial charge in [-0.15, -0.1) is 0 Å². The number of fused-ring (bicyclic) bond motifs is 1. The Balaban J connectivity index is 1.86. The van der Waals surface area contributed by atoms with Crippen molar-refractivity contribution in [2.75, 3.05) is 6.61 Å². The van der Waals surface area contributed by atoms with Crippen LogP contribution >= 0.6 is 11.3 Å². The molecule has 1 aliphatic carbocycles. The quantitative estimate of drug-likeness (QED) is 0.636. The molecule has 0 bridgehead atoms. The van der Waals surface area contributed by atoms with Crippen molar-refractivity contribution in [3.63, 3.8) is 0 Å². The van der Waals surface area contributed by atoms with Crippen molar-refractivity contribution in [2.24, 2.45) is 10.4 Å². The van der Waals surface area contributed by atoms with Crippen LogP contribution in [0.5, 0.6) is 0 Å². The molecule has 136 valence electrons. The maximum absolute atomic E-state index is 12.2. The number of esters is 1. The molecule has 6 nitrogen and oxygen atoms in total. The number of thiazole rings is 1. The topological polar surface area (TPSA) is 88.8 Å². The molecule has 1 aromatic heterocycles. The summed E-state index contributed by atoms with van der Waals surface area (Å²) in [6.07, 6.45) is 2.21. The lowest BCUT2D eigenvalue weighted by Crippen LogP contribution is -2.26. The van der Waals surface area contributed by atoms with E-state index in [9.17, 15) is 14.7 Å². The Labute approximate surface area is 155 Å². The second-order valence-electron chi connectivity index (χ2n) is 6.96. The molecule has 0 saturated heterocycles. The normalized spacial score (nSPS) is 17.3. The number of aromatic nitrogens is 1. The Morgan fingerprint density at radius 1 is 1.42 bits per heavy atom. The minimum absolute atomic E-state index is 0.0701. The lowest BCUT2D eigenvalue weighted by Gasteiger charge is -2.28. The van der Waals surface area contributed by atoms with Gasteiger partial charge >= 0.3 is 5.97 Å². The molecule has 0 amide bonds. The summed E-state index contributed by atoms with van der Waals surface area (Å²) in [6, 6.07) is 5.12. The van der Waals surface area contributed by atoms with Crippen molar-refractivity contribution in [1.82, 2.24) is 4.98 Å². The van der Waals surface area contributed by atoms with Crippen LogP contribution in [0.1, 0.15) is 44.0 Å². The van der Waals surface area contributed by atoms with Crippen LogP contribution in [-0.2, 0) is 9.53 Å². The first-order valence-corrected chi connectivity index (χ1v) is 9.18. The molecule has 7 heteroatoms. The first kappa shape index (κ1) is 18.3. The number of nitrogens with zero attached hydrogens (tertiary/aromatic N) is 2. The van der Waals surface area contributed by atoms with E-state index in [1.807, 2.05) is 13.8 Å². The number of aliphatic hydroxyl groups is 1. The number of carbonyl (C=O) groups is 2. The lowest BCUT2D eigenvalue weighted by atomic mass is 9.77. The minimum Gasteiger partial charge on any atom is -0.511 e. The average molecular weight is 372 g/mol. The lowest BCUT2D eigenvalue weighted by molar-refractivity contribution is -0.117.